The SMILES string of the molecule is CCc1ncc2c(n1)CC(C)CC2N. The summed E-state index contributed by atoms with van der Waals surface area (Å²) in [5, 5.41) is 0. The van der Waals surface area contributed by atoms with Gasteiger partial charge in [-0.3, -0.25) is 0 Å². The Bertz CT molecular complexity index is 335. The molecule has 0 saturated heterocycles. The van der Waals surface area contributed by atoms with Gasteiger partial charge in [-0.15, -0.1) is 0 Å². The first kappa shape index (κ1) is 9.59. The number of rotatable bonds is 1. The molecule has 2 atom stereocenters. The predicted molar refractivity (Wildman–Crippen MR) is 55.8 cm³/mol. The van der Waals surface area contributed by atoms with E-state index in [0.29, 0.717) is 5.92 Å². The summed E-state index contributed by atoms with van der Waals surface area (Å²) >= 11 is 0. The van der Waals surface area contributed by atoms with Crippen molar-refractivity contribution in [3.05, 3.63) is 23.3 Å². The lowest BCUT2D eigenvalue weighted by Crippen LogP contribution is -2.24. The normalized spacial score (nSPS) is 25.9. The van der Waals surface area contributed by atoms with Crippen LogP contribution in [-0.4, -0.2) is 9.97 Å². The molecular formula is C11H17N3. The Morgan fingerprint density at radius 2 is 2.36 bits per heavy atom. The van der Waals surface area contributed by atoms with Crippen LogP contribution in [0.25, 0.3) is 0 Å². The lowest BCUT2D eigenvalue weighted by molar-refractivity contribution is 0.429. The zero-order valence-corrected chi connectivity index (χ0v) is 8.83. The molecule has 0 aromatic carbocycles. The molecule has 2 unspecified atom stereocenters. The molecule has 1 heterocycles. The Kier molecular flexibility index (Phi) is 2.50. The van der Waals surface area contributed by atoms with Gasteiger partial charge in [-0.2, -0.15) is 0 Å². The van der Waals surface area contributed by atoms with Crippen LogP contribution in [0.2, 0.25) is 0 Å². The molecule has 3 nitrogen and oxygen atoms in total. The maximum absolute atomic E-state index is 6.05. The van der Waals surface area contributed by atoms with Crippen molar-refractivity contribution < 1.29 is 0 Å². The van der Waals surface area contributed by atoms with Crippen LogP contribution in [0.5, 0.6) is 0 Å². The molecule has 0 aliphatic heterocycles. The topological polar surface area (TPSA) is 51.8 Å². The fourth-order valence-electron chi connectivity index (χ4n) is 2.09. The average Bonchev–Trinajstić information content (AvgIpc) is 2.16. The Morgan fingerprint density at radius 1 is 1.57 bits per heavy atom. The highest BCUT2D eigenvalue weighted by molar-refractivity contribution is 5.24. The Hall–Kier alpha value is -0.960. The van der Waals surface area contributed by atoms with Gasteiger partial charge in [-0.1, -0.05) is 13.8 Å². The predicted octanol–water partition coefficient (Wildman–Crippen LogP) is 1.62. The van der Waals surface area contributed by atoms with Crippen molar-refractivity contribution in [3.8, 4) is 0 Å². The quantitative estimate of drug-likeness (QED) is 0.734. The van der Waals surface area contributed by atoms with Crippen LogP contribution in [0.1, 0.15) is 43.4 Å². The van der Waals surface area contributed by atoms with Crippen LogP contribution >= 0.6 is 0 Å². The molecule has 0 spiro atoms. The highest BCUT2D eigenvalue weighted by Gasteiger charge is 2.23. The molecule has 0 radical (unpaired) electrons. The summed E-state index contributed by atoms with van der Waals surface area (Å²) in [5.41, 5.74) is 8.37. The van der Waals surface area contributed by atoms with Gasteiger partial charge >= 0.3 is 0 Å². The van der Waals surface area contributed by atoms with Gasteiger partial charge in [0.1, 0.15) is 5.82 Å². The molecule has 14 heavy (non-hydrogen) atoms. The summed E-state index contributed by atoms with van der Waals surface area (Å²) in [4.78, 5) is 8.84. The number of aromatic nitrogens is 2. The van der Waals surface area contributed by atoms with Crippen LogP contribution in [0.4, 0.5) is 0 Å². The van der Waals surface area contributed by atoms with Crippen molar-refractivity contribution in [3.63, 3.8) is 0 Å². The van der Waals surface area contributed by atoms with E-state index in [1.54, 1.807) is 0 Å². The van der Waals surface area contributed by atoms with Crippen LogP contribution < -0.4 is 5.73 Å². The number of aryl methyl sites for hydroxylation is 1. The van der Waals surface area contributed by atoms with E-state index in [1.807, 2.05) is 6.20 Å². The van der Waals surface area contributed by atoms with Gasteiger partial charge in [0.25, 0.3) is 0 Å². The van der Waals surface area contributed by atoms with Gasteiger partial charge in [0, 0.05) is 29.9 Å². The maximum atomic E-state index is 6.05. The third kappa shape index (κ3) is 1.64. The Balaban J connectivity index is 2.39. The minimum atomic E-state index is 0.139. The molecule has 0 saturated carbocycles. The maximum Gasteiger partial charge on any atom is 0.128 e. The number of nitrogens with zero attached hydrogens (tertiary/aromatic N) is 2. The largest absolute Gasteiger partial charge is 0.324 e. The standard InChI is InChI=1S/C11H17N3/c1-3-11-13-6-8-9(12)4-7(2)5-10(8)14-11/h6-7,9H,3-5,12H2,1-2H3. The molecule has 0 fully saturated rings. The van der Waals surface area contributed by atoms with Crippen LogP contribution in [0.3, 0.4) is 0 Å². The number of fused-ring (bicyclic) bond motifs is 1. The zero-order chi connectivity index (χ0) is 10.1. The monoisotopic (exact) mass is 191 g/mol. The molecule has 76 valence electrons. The molecule has 0 amide bonds. The minimum Gasteiger partial charge on any atom is -0.324 e. The summed E-state index contributed by atoms with van der Waals surface area (Å²) in [7, 11) is 0. The lowest BCUT2D eigenvalue weighted by atomic mass is 9.85. The Labute approximate surface area is 84.8 Å². The summed E-state index contributed by atoms with van der Waals surface area (Å²) < 4.78 is 0. The first-order chi connectivity index (χ1) is 6.70. The molecule has 1 aliphatic rings. The molecule has 2 rings (SSSR count). The summed E-state index contributed by atoms with van der Waals surface area (Å²) in [6.45, 7) is 4.31. The van der Waals surface area contributed by atoms with Crippen molar-refractivity contribution in [1.82, 2.24) is 9.97 Å². The van der Waals surface area contributed by atoms with E-state index in [1.165, 1.54) is 5.69 Å². The fraction of sp³-hybridized carbons (Fsp3) is 0.636. The highest BCUT2D eigenvalue weighted by Crippen LogP contribution is 2.29. The number of nitrogens with two attached hydrogens (primary N) is 1. The summed E-state index contributed by atoms with van der Waals surface area (Å²) in [6, 6.07) is 0.139. The van der Waals surface area contributed by atoms with Crippen molar-refractivity contribution in [2.75, 3.05) is 0 Å². The van der Waals surface area contributed by atoms with E-state index < -0.39 is 0 Å². The fourth-order valence-corrected chi connectivity index (χ4v) is 2.09. The van der Waals surface area contributed by atoms with Crippen molar-refractivity contribution in [2.24, 2.45) is 11.7 Å². The van der Waals surface area contributed by atoms with Crippen molar-refractivity contribution in [1.29, 1.82) is 0 Å². The van der Waals surface area contributed by atoms with Crippen molar-refractivity contribution >= 4 is 0 Å². The number of hydrogen-bond donors (Lipinski definition) is 1. The van der Waals surface area contributed by atoms with Gasteiger partial charge in [-0.05, 0) is 18.8 Å². The third-order valence-electron chi connectivity index (χ3n) is 2.86. The van der Waals surface area contributed by atoms with Gasteiger partial charge in [0.05, 0.1) is 0 Å². The number of hydrogen-bond acceptors (Lipinski definition) is 3. The Morgan fingerprint density at radius 3 is 3.07 bits per heavy atom. The van der Waals surface area contributed by atoms with Crippen LogP contribution in [0, 0.1) is 5.92 Å². The molecule has 1 aliphatic carbocycles. The molecule has 2 N–H and O–H groups in total. The third-order valence-corrected chi connectivity index (χ3v) is 2.86. The zero-order valence-electron chi connectivity index (χ0n) is 8.83. The highest BCUT2D eigenvalue weighted by atomic mass is 14.9. The first-order valence-electron chi connectivity index (χ1n) is 5.31. The second-order valence-corrected chi connectivity index (χ2v) is 4.19. The van der Waals surface area contributed by atoms with Crippen LogP contribution in [-0.2, 0) is 12.8 Å². The second kappa shape index (κ2) is 3.65. The molecule has 3 heteroatoms. The molecule has 1 aromatic heterocycles. The van der Waals surface area contributed by atoms with Gasteiger partial charge in [0.15, 0.2) is 0 Å². The van der Waals surface area contributed by atoms with E-state index in [-0.39, 0.29) is 6.04 Å². The van der Waals surface area contributed by atoms with E-state index in [0.717, 1.165) is 30.7 Å². The van der Waals surface area contributed by atoms with E-state index in [4.69, 9.17) is 5.73 Å². The molecule has 0 bridgehead atoms. The minimum absolute atomic E-state index is 0.139. The van der Waals surface area contributed by atoms with Gasteiger partial charge < -0.3 is 5.73 Å². The summed E-state index contributed by atoms with van der Waals surface area (Å²) in [5.74, 6) is 1.59. The van der Waals surface area contributed by atoms with E-state index in [2.05, 4.69) is 23.8 Å². The van der Waals surface area contributed by atoms with Gasteiger partial charge in [-0.25, -0.2) is 9.97 Å². The molecule has 1 aromatic rings. The lowest BCUT2D eigenvalue weighted by Gasteiger charge is -2.25. The molecular weight excluding hydrogens is 174 g/mol. The second-order valence-electron chi connectivity index (χ2n) is 4.19. The summed E-state index contributed by atoms with van der Waals surface area (Å²) in [6.07, 6.45) is 4.93. The van der Waals surface area contributed by atoms with Gasteiger partial charge in [0.2, 0.25) is 0 Å². The van der Waals surface area contributed by atoms with Crippen molar-refractivity contribution in [2.45, 2.75) is 39.2 Å². The van der Waals surface area contributed by atoms with E-state index >= 15 is 0 Å². The average molecular weight is 191 g/mol. The first-order valence-corrected chi connectivity index (χ1v) is 5.31. The van der Waals surface area contributed by atoms with Crippen LogP contribution in [0.15, 0.2) is 6.20 Å². The smallest absolute Gasteiger partial charge is 0.128 e. The van der Waals surface area contributed by atoms with E-state index in [9.17, 15) is 0 Å².